The minimum absolute atomic E-state index is 0.0150. The predicted molar refractivity (Wildman–Crippen MR) is 121 cm³/mol. The van der Waals surface area contributed by atoms with E-state index < -0.39 is 0 Å². The van der Waals surface area contributed by atoms with Gasteiger partial charge in [-0.1, -0.05) is 72.8 Å². The van der Waals surface area contributed by atoms with Crippen LogP contribution in [-0.2, 0) is 16.0 Å². The standard InChI is InChI=1S/C26H26N2O3/c29-25(16-9-17-28-23-14-7-8-15-24(23)31-19-26(28)30)27-22(21-12-5-2-6-13-21)18-20-10-3-1-4-11-20/h1-8,10-15,22H,9,16-19H2,(H,27,29)/t22-/m0/s1. The molecular formula is C26H26N2O3. The second kappa shape index (κ2) is 9.94. The monoisotopic (exact) mass is 414 g/mol. The lowest BCUT2D eigenvalue weighted by atomic mass is 9.98. The highest BCUT2D eigenvalue weighted by Gasteiger charge is 2.25. The van der Waals surface area contributed by atoms with Crippen molar-refractivity contribution < 1.29 is 14.3 Å². The van der Waals surface area contributed by atoms with Gasteiger partial charge in [-0.15, -0.1) is 0 Å². The van der Waals surface area contributed by atoms with E-state index in [1.54, 1.807) is 4.90 Å². The van der Waals surface area contributed by atoms with E-state index in [4.69, 9.17) is 4.74 Å². The SMILES string of the molecule is O=C(CCCN1C(=O)COc2ccccc21)N[C@@H](Cc1ccccc1)c1ccccc1. The predicted octanol–water partition coefficient (Wildman–Crippen LogP) is 4.29. The minimum Gasteiger partial charge on any atom is -0.482 e. The summed E-state index contributed by atoms with van der Waals surface area (Å²) in [5.41, 5.74) is 3.02. The van der Waals surface area contributed by atoms with Crippen molar-refractivity contribution in [1.29, 1.82) is 0 Å². The summed E-state index contributed by atoms with van der Waals surface area (Å²) < 4.78 is 5.48. The van der Waals surface area contributed by atoms with E-state index in [-0.39, 0.29) is 24.5 Å². The van der Waals surface area contributed by atoms with Crippen molar-refractivity contribution >= 4 is 17.5 Å². The molecule has 158 valence electrons. The van der Waals surface area contributed by atoms with Gasteiger partial charge < -0.3 is 15.0 Å². The van der Waals surface area contributed by atoms with Crippen LogP contribution in [0.4, 0.5) is 5.69 Å². The highest BCUT2D eigenvalue weighted by atomic mass is 16.5. The maximum atomic E-state index is 12.7. The number of hydrogen-bond donors (Lipinski definition) is 1. The zero-order valence-electron chi connectivity index (χ0n) is 17.4. The molecule has 2 amide bonds. The van der Waals surface area contributed by atoms with Crippen LogP contribution in [0.2, 0.25) is 0 Å². The second-order valence-corrected chi connectivity index (χ2v) is 7.63. The van der Waals surface area contributed by atoms with Gasteiger partial charge in [0.25, 0.3) is 5.91 Å². The zero-order chi connectivity index (χ0) is 21.5. The largest absolute Gasteiger partial charge is 0.482 e. The van der Waals surface area contributed by atoms with E-state index in [1.807, 2.05) is 72.8 Å². The van der Waals surface area contributed by atoms with Crippen LogP contribution in [0.15, 0.2) is 84.9 Å². The molecule has 1 N–H and O–H groups in total. The normalized spacial score (nSPS) is 13.8. The number of amides is 2. The number of rotatable bonds is 8. The third kappa shape index (κ3) is 5.31. The Morgan fingerprint density at radius 1 is 0.935 bits per heavy atom. The number of carbonyl (C=O) groups is 2. The molecule has 0 fully saturated rings. The van der Waals surface area contributed by atoms with Gasteiger partial charge in [0.1, 0.15) is 5.75 Å². The van der Waals surface area contributed by atoms with Crippen LogP contribution in [0, 0.1) is 0 Å². The molecule has 0 saturated heterocycles. The van der Waals surface area contributed by atoms with Gasteiger partial charge in [-0.2, -0.15) is 0 Å². The Balaban J connectivity index is 1.37. The van der Waals surface area contributed by atoms with Gasteiger partial charge in [-0.3, -0.25) is 9.59 Å². The number of benzene rings is 3. The van der Waals surface area contributed by atoms with E-state index in [2.05, 4.69) is 17.4 Å². The average molecular weight is 415 g/mol. The molecule has 1 aliphatic rings. The Hall–Kier alpha value is -3.60. The summed E-state index contributed by atoms with van der Waals surface area (Å²) in [4.78, 5) is 26.8. The van der Waals surface area contributed by atoms with Crippen molar-refractivity contribution in [3.05, 3.63) is 96.1 Å². The van der Waals surface area contributed by atoms with Crippen molar-refractivity contribution in [1.82, 2.24) is 5.32 Å². The first-order valence-corrected chi connectivity index (χ1v) is 10.6. The third-order valence-corrected chi connectivity index (χ3v) is 5.41. The van der Waals surface area contributed by atoms with Crippen molar-refractivity contribution in [2.45, 2.75) is 25.3 Å². The molecule has 31 heavy (non-hydrogen) atoms. The first-order chi connectivity index (χ1) is 15.2. The number of carbonyl (C=O) groups excluding carboxylic acids is 2. The molecule has 0 bridgehead atoms. The summed E-state index contributed by atoms with van der Waals surface area (Å²) in [6.07, 6.45) is 1.66. The number of ether oxygens (including phenoxy) is 1. The number of fused-ring (bicyclic) bond motifs is 1. The maximum Gasteiger partial charge on any atom is 0.265 e. The Labute approximate surface area is 182 Å². The van der Waals surface area contributed by atoms with Gasteiger partial charge in [-0.25, -0.2) is 0 Å². The molecule has 0 aliphatic carbocycles. The molecule has 1 aliphatic heterocycles. The lowest BCUT2D eigenvalue weighted by Gasteiger charge is -2.29. The fraction of sp³-hybridized carbons (Fsp3) is 0.231. The Morgan fingerprint density at radius 3 is 2.39 bits per heavy atom. The van der Waals surface area contributed by atoms with E-state index in [0.29, 0.717) is 25.1 Å². The minimum atomic E-state index is -0.0955. The zero-order valence-corrected chi connectivity index (χ0v) is 17.4. The van der Waals surface area contributed by atoms with Crippen LogP contribution in [0.25, 0.3) is 0 Å². The van der Waals surface area contributed by atoms with E-state index in [0.717, 1.165) is 17.7 Å². The van der Waals surface area contributed by atoms with E-state index in [9.17, 15) is 9.59 Å². The first-order valence-electron chi connectivity index (χ1n) is 10.6. The van der Waals surface area contributed by atoms with Gasteiger partial charge >= 0.3 is 0 Å². The van der Waals surface area contributed by atoms with Gasteiger partial charge in [0.2, 0.25) is 5.91 Å². The first kappa shape index (κ1) is 20.7. The van der Waals surface area contributed by atoms with E-state index in [1.165, 1.54) is 5.56 Å². The van der Waals surface area contributed by atoms with Crippen LogP contribution in [0.3, 0.4) is 0 Å². The van der Waals surface area contributed by atoms with Gasteiger partial charge in [0.05, 0.1) is 11.7 Å². The smallest absolute Gasteiger partial charge is 0.265 e. The lowest BCUT2D eigenvalue weighted by Crippen LogP contribution is -2.39. The Bertz CT molecular complexity index is 1020. The second-order valence-electron chi connectivity index (χ2n) is 7.63. The highest BCUT2D eigenvalue weighted by molar-refractivity contribution is 5.97. The molecule has 0 aromatic heterocycles. The van der Waals surface area contributed by atoms with Gasteiger partial charge in [-0.05, 0) is 36.1 Å². The van der Waals surface area contributed by atoms with Crippen molar-refractivity contribution in [2.75, 3.05) is 18.1 Å². The summed E-state index contributed by atoms with van der Waals surface area (Å²) in [7, 11) is 0. The van der Waals surface area contributed by atoms with Crippen LogP contribution in [0.1, 0.15) is 30.0 Å². The molecule has 3 aromatic rings. The fourth-order valence-corrected chi connectivity index (χ4v) is 3.85. The molecule has 5 nitrogen and oxygen atoms in total. The molecule has 1 heterocycles. The topological polar surface area (TPSA) is 58.6 Å². The van der Waals surface area contributed by atoms with Crippen molar-refractivity contribution in [3.63, 3.8) is 0 Å². The molecule has 4 rings (SSSR count). The Morgan fingerprint density at radius 2 is 1.61 bits per heavy atom. The van der Waals surface area contributed by atoms with Crippen molar-refractivity contribution in [3.8, 4) is 5.75 Å². The average Bonchev–Trinajstić information content (AvgIpc) is 2.81. The summed E-state index contributed by atoms with van der Waals surface area (Å²) in [5, 5.41) is 3.18. The molecular weight excluding hydrogens is 388 g/mol. The Kier molecular flexibility index (Phi) is 6.62. The summed E-state index contributed by atoms with van der Waals surface area (Å²) >= 11 is 0. The fourth-order valence-electron chi connectivity index (χ4n) is 3.85. The molecule has 0 saturated carbocycles. The molecule has 5 heteroatoms. The van der Waals surface area contributed by atoms with Crippen molar-refractivity contribution in [2.24, 2.45) is 0 Å². The number of hydrogen-bond acceptors (Lipinski definition) is 3. The van der Waals surface area contributed by atoms with Crippen LogP contribution in [-0.4, -0.2) is 25.0 Å². The van der Waals surface area contributed by atoms with Crippen LogP contribution in [0.5, 0.6) is 5.75 Å². The van der Waals surface area contributed by atoms with Gasteiger partial charge in [0, 0.05) is 13.0 Å². The maximum absolute atomic E-state index is 12.7. The number of nitrogens with zero attached hydrogens (tertiary/aromatic N) is 1. The number of nitrogens with one attached hydrogen (secondary N) is 1. The molecule has 3 aromatic carbocycles. The number of para-hydroxylation sites is 2. The summed E-state index contributed by atoms with van der Waals surface area (Å²) in [6, 6.07) is 27.6. The van der Waals surface area contributed by atoms with E-state index >= 15 is 0 Å². The molecule has 0 unspecified atom stereocenters. The van der Waals surface area contributed by atoms with Crippen LogP contribution >= 0.6 is 0 Å². The lowest BCUT2D eigenvalue weighted by molar-refractivity contribution is -0.123. The number of anilines is 1. The highest BCUT2D eigenvalue weighted by Crippen LogP contribution is 2.31. The molecule has 0 spiro atoms. The molecule has 1 atom stereocenters. The summed E-state index contributed by atoms with van der Waals surface area (Å²) in [5.74, 6) is 0.614. The molecule has 0 radical (unpaired) electrons. The van der Waals surface area contributed by atoms with Gasteiger partial charge in [0.15, 0.2) is 6.61 Å². The van der Waals surface area contributed by atoms with Crippen LogP contribution < -0.4 is 15.0 Å². The quantitative estimate of drug-likeness (QED) is 0.598. The summed E-state index contributed by atoms with van der Waals surface area (Å²) in [6.45, 7) is 0.525. The third-order valence-electron chi connectivity index (χ3n) is 5.41.